The first-order valence-corrected chi connectivity index (χ1v) is 3.92. The van der Waals surface area contributed by atoms with E-state index < -0.39 is 11.4 Å². The Labute approximate surface area is 71.4 Å². The second-order valence-corrected chi connectivity index (χ2v) is 2.94. The molecule has 1 aliphatic carbocycles. The SMILES string of the molecule is C=CC1(C(=O)OC)CCCC1=O. The van der Waals surface area contributed by atoms with Gasteiger partial charge < -0.3 is 4.74 Å². The van der Waals surface area contributed by atoms with Crippen LogP contribution in [0.1, 0.15) is 19.3 Å². The summed E-state index contributed by atoms with van der Waals surface area (Å²) in [4.78, 5) is 22.6. The Bertz CT molecular complexity index is 232. The normalized spacial score (nSPS) is 28.6. The molecule has 66 valence electrons. The van der Waals surface area contributed by atoms with Crippen molar-refractivity contribution in [2.45, 2.75) is 19.3 Å². The molecule has 0 aromatic rings. The molecule has 1 atom stereocenters. The van der Waals surface area contributed by atoms with Crippen LogP contribution in [0, 0.1) is 5.41 Å². The zero-order valence-electron chi connectivity index (χ0n) is 7.13. The number of esters is 1. The summed E-state index contributed by atoms with van der Waals surface area (Å²) < 4.78 is 4.57. The molecule has 0 bridgehead atoms. The van der Waals surface area contributed by atoms with Gasteiger partial charge in [-0.05, 0) is 12.8 Å². The average molecular weight is 168 g/mol. The Hall–Kier alpha value is -1.12. The van der Waals surface area contributed by atoms with E-state index in [4.69, 9.17) is 0 Å². The number of hydrogen-bond donors (Lipinski definition) is 0. The zero-order chi connectivity index (χ0) is 9.19. The summed E-state index contributed by atoms with van der Waals surface area (Å²) in [6, 6.07) is 0. The van der Waals surface area contributed by atoms with Crippen molar-refractivity contribution in [3.63, 3.8) is 0 Å². The van der Waals surface area contributed by atoms with Gasteiger partial charge in [0.05, 0.1) is 7.11 Å². The number of rotatable bonds is 2. The molecule has 0 aliphatic heterocycles. The quantitative estimate of drug-likeness (QED) is 0.352. The highest BCUT2D eigenvalue weighted by Crippen LogP contribution is 2.36. The molecule has 1 aliphatic rings. The van der Waals surface area contributed by atoms with Crippen LogP contribution in [-0.2, 0) is 14.3 Å². The van der Waals surface area contributed by atoms with Gasteiger partial charge in [-0.15, -0.1) is 6.58 Å². The Morgan fingerprint density at radius 3 is 2.75 bits per heavy atom. The fraction of sp³-hybridized carbons (Fsp3) is 0.556. The van der Waals surface area contributed by atoms with Crippen LogP contribution in [0.15, 0.2) is 12.7 Å². The largest absolute Gasteiger partial charge is 0.468 e. The van der Waals surface area contributed by atoms with Crippen LogP contribution in [-0.4, -0.2) is 18.9 Å². The smallest absolute Gasteiger partial charge is 0.323 e. The number of carbonyl (C=O) groups is 2. The van der Waals surface area contributed by atoms with Gasteiger partial charge in [0, 0.05) is 6.42 Å². The number of ketones is 1. The highest BCUT2D eigenvalue weighted by Gasteiger charge is 2.46. The minimum Gasteiger partial charge on any atom is -0.468 e. The summed E-state index contributed by atoms with van der Waals surface area (Å²) in [5, 5.41) is 0. The van der Waals surface area contributed by atoms with E-state index in [0.29, 0.717) is 12.8 Å². The Morgan fingerprint density at radius 1 is 1.75 bits per heavy atom. The maximum Gasteiger partial charge on any atom is 0.323 e. The summed E-state index contributed by atoms with van der Waals surface area (Å²) >= 11 is 0. The van der Waals surface area contributed by atoms with E-state index in [-0.39, 0.29) is 5.78 Å². The molecule has 3 nitrogen and oxygen atoms in total. The molecule has 1 fully saturated rings. The van der Waals surface area contributed by atoms with Crippen molar-refractivity contribution in [3.8, 4) is 0 Å². The lowest BCUT2D eigenvalue weighted by molar-refractivity contribution is -0.153. The van der Waals surface area contributed by atoms with Gasteiger partial charge in [-0.2, -0.15) is 0 Å². The maximum atomic E-state index is 11.4. The number of Topliss-reactive ketones (excluding diaryl/α,β-unsaturated/α-hetero) is 1. The predicted molar refractivity (Wildman–Crippen MR) is 43.5 cm³/mol. The zero-order valence-corrected chi connectivity index (χ0v) is 7.13. The Balaban J connectivity index is 2.96. The van der Waals surface area contributed by atoms with Gasteiger partial charge in [-0.3, -0.25) is 9.59 Å². The van der Waals surface area contributed by atoms with Gasteiger partial charge in [0.2, 0.25) is 0 Å². The number of carbonyl (C=O) groups excluding carboxylic acids is 2. The molecule has 0 saturated heterocycles. The van der Waals surface area contributed by atoms with Crippen molar-refractivity contribution in [3.05, 3.63) is 12.7 Å². The summed E-state index contributed by atoms with van der Waals surface area (Å²) in [6.45, 7) is 3.51. The van der Waals surface area contributed by atoms with Gasteiger partial charge in [0.15, 0.2) is 5.78 Å². The van der Waals surface area contributed by atoms with E-state index in [9.17, 15) is 9.59 Å². The van der Waals surface area contributed by atoms with Crippen molar-refractivity contribution in [1.29, 1.82) is 0 Å². The molecular formula is C9H12O3. The maximum absolute atomic E-state index is 11.4. The number of ether oxygens (including phenoxy) is 1. The van der Waals surface area contributed by atoms with E-state index in [1.165, 1.54) is 13.2 Å². The molecule has 3 heteroatoms. The van der Waals surface area contributed by atoms with Crippen LogP contribution >= 0.6 is 0 Å². The lowest BCUT2D eigenvalue weighted by Crippen LogP contribution is -2.33. The molecule has 0 radical (unpaired) electrons. The van der Waals surface area contributed by atoms with Crippen molar-refractivity contribution in [2.24, 2.45) is 5.41 Å². The van der Waals surface area contributed by atoms with E-state index in [2.05, 4.69) is 11.3 Å². The molecule has 1 saturated carbocycles. The standard InChI is InChI=1S/C9H12O3/c1-3-9(8(11)12-2)6-4-5-7(9)10/h3H,1,4-6H2,2H3. The van der Waals surface area contributed by atoms with Gasteiger partial charge in [0.1, 0.15) is 5.41 Å². The van der Waals surface area contributed by atoms with Crippen LogP contribution in [0.2, 0.25) is 0 Å². The first kappa shape index (κ1) is 8.97. The topological polar surface area (TPSA) is 43.4 Å². The number of hydrogen-bond acceptors (Lipinski definition) is 3. The third-order valence-electron chi connectivity index (χ3n) is 2.37. The first-order valence-electron chi connectivity index (χ1n) is 3.92. The predicted octanol–water partition coefficient (Wildman–Crippen LogP) is 1.08. The van der Waals surface area contributed by atoms with Crippen LogP contribution < -0.4 is 0 Å². The monoisotopic (exact) mass is 168 g/mol. The Kier molecular flexibility index (Phi) is 2.31. The summed E-state index contributed by atoms with van der Waals surface area (Å²) in [5.41, 5.74) is -1.03. The lowest BCUT2D eigenvalue weighted by Gasteiger charge is -2.18. The Morgan fingerprint density at radius 2 is 2.42 bits per heavy atom. The van der Waals surface area contributed by atoms with Crippen molar-refractivity contribution < 1.29 is 14.3 Å². The summed E-state index contributed by atoms with van der Waals surface area (Å²) in [6.07, 6.45) is 3.16. The van der Waals surface area contributed by atoms with Crippen LogP contribution in [0.4, 0.5) is 0 Å². The van der Waals surface area contributed by atoms with E-state index in [1.807, 2.05) is 0 Å². The molecule has 0 amide bonds. The van der Waals surface area contributed by atoms with Crippen LogP contribution in [0.3, 0.4) is 0 Å². The minimum absolute atomic E-state index is 0.0654. The molecule has 0 aromatic heterocycles. The molecule has 1 unspecified atom stereocenters. The molecule has 0 aromatic carbocycles. The van der Waals surface area contributed by atoms with Gasteiger partial charge in [-0.25, -0.2) is 0 Å². The van der Waals surface area contributed by atoms with Crippen molar-refractivity contribution >= 4 is 11.8 Å². The van der Waals surface area contributed by atoms with E-state index in [1.54, 1.807) is 0 Å². The second kappa shape index (κ2) is 3.09. The summed E-state index contributed by atoms with van der Waals surface area (Å²) in [5.74, 6) is -0.538. The first-order chi connectivity index (χ1) is 5.67. The summed E-state index contributed by atoms with van der Waals surface area (Å²) in [7, 11) is 1.29. The highest BCUT2D eigenvalue weighted by atomic mass is 16.5. The molecular weight excluding hydrogens is 156 g/mol. The molecule has 0 heterocycles. The highest BCUT2D eigenvalue weighted by molar-refractivity contribution is 6.07. The molecule has 0 N–H and O–H groups in total. The molecule has 1 rings (SSSR count). The number of methoxy groups -OCH3 is 1. The van der Waals surface area contributed by atoms with Crippen molar-refractivity contribution in [1.82, 2.24) is 0 Å². The third kappa shape index (κ3) is 1.05. The average Bonchev–Trinajstić information content (AvgIpc) is 2.46. The van der Waals surface area contributed by atoms with Crippen LogP contribution in [0.25, 0.3) is 0 Å². The fourth-order valence-electron chi connectivity index (χ4n) is 1.59. The molecule has 12 heavy (non-hydrogen) atoms. The minimum atomic E-state index is -1.03. The molecule has 0 spiro atoms. The second-order valence-electron chi connectivity index (χ2n) is 2.94. The van der Waals surface area contributed by atoms with Crippen LogP contribution in [0.5, 0.6) is 0 Å². The lowest BCUT2D eigenvalue weighted by atomic mass is 9.85. The van der Waals surface area contributed by atoms with E-state index in [0.717, 1.165) is 6.42 Å². The van der Waals surface area contributed by atoms with Gasteiger partial charge in [0.25, 0.3) is 0 Å². The van der Waals surface area contributed by atoms with Gasteiger partial charge in [-0.1, -0.05) is 6.08 Å². The fourth-order valence-corrected chi connectivity index (χ4v) is 1.59. The van der Waals surface area contributed by atoms with E-state index >= 15 is 0 Å². The van der Waals surface area contributed by atoms with Gasteiger partial charge >= 0.3 is 5.97 Å². The third-order valence-corrected chi connectivity index (χ3v) is 2.37. The van der Waals surface area contributed by atoms with Crippen molar-refractivity contribution in [2.75, 3.05) is 7.11 Å².